The Hall–Kier alpha value is -2.91. The maximum absolute atomic E-state index is 12.9. The summed E-state index contributed by atoms with van der Waals surface area (Å²) in [6.07, 6.45) is 6.00. The largest absolute Gasteiger partial charge is 0.368 e. The second-order valence-corrected chi connectivity index (χ2v) is 10.3. The summed E-state index contributed by atoms with van der Waals surface area (Å²) in [4.78, 5) is 35.3. The quantitative estimate of drug-likeness (QED) is 0.287. The van der Waals surface area contributed by atoms with Gasteiger partial charge in [-0.25, -0.2) is 0 Å². The molecule has 0 radical (unpaired) electrons. The standard InChI is InChI=1S/C24H30N3O4P/c1-2-9-20(17-32(30,31)22(25)15-14-18-10-5-3-6-11-18)24(29)27-21(23(26)28)16-19-12-7-4-8-13-19/h1,3-8,10-13,20-22H,9,14-17,25H2,(H2,26,28)(H,27,29)(H,30,31)/t20-,21+,22-/m1/s1. The molecule has 2 aromatic carbocycles. The van der Waals surface area contributed by atoms with Crippen molar-refractivity contribution >= 4 is 19.2 Å². The van der Waals surface area contributed by atoms with E-state index in [4.69, 9.17) is 17.9 Å². The fourth-order valence-corrected chi connectivity index (χ4v) is 5.09. The molecule has 0 heterocycles. The molecule has 0 aliphatic rings. The second-order valence-electron chi connectivity index (χ2n) is 7.79. The van der Waals surface area contributed by atoms with E-state index in [9.17, 15) is 19.0 Å². The Labute approximate surface area is 189 Å². The van der Waals surface area contributed by atoms with E-state index in [0.717, 1.165) is 11.1 Å². The van der Waals surface area contributed by atoms with Gasteiger partial charge in [-0.3, -0.25) is 14.2 Å². The third-order valence-corrected chi connectivity index (χ3v) is 7.51. The van der Waals surface area contributed by atoms with Crippen molar-refractivity contribution in [3.8, 4) is 12.3 Å². The lowest BCUT2D eigenvalue weighted by molar-refractivity contribution is -0.129. The zero-order valence-electron chi connectivity index (χ0n) is 17.9. The number of amides is 2. The van der Waals surface area contributed by atoms with E-state index in [1.54, 1.807) is 0 Å². The van der Waals surface area contributed by atoms with Crippen molar-refractivity contribution in [2.45, 2.75) is 37.5 Å². The van der Waals surface area contributed by atoms with Gasteiger partial charge in [-0.1, -0.05) is 60.7 Å². The Morgan fingerprint density at radius 1 is 1.06 bits per heavy atom. The molecule has 7 nitrogen and oxygen atoms in total. The van der Waals surface area contributed by atoms with Crippen molar-refractivity contribution in [2.24, 2.45) is 17.4 Å². The fraction of sp³-hybridized carbons (Fsp3) is 0.333. The van der Waals surface area contributed by atoms with Crippen LogP contribution in [-0.2, 0) is 27.0 Å². The molecule has 8 heteroatoms. The SMILES string of the molecule is C#CC[C@H](CP(=O)(O)[C@@H](N)CCc1ccccc1)C(=O)N[C@@H](Cc1ccccc1)C(N)=O. The first-order chi connectivity index (χ1) is 15.2. The number of terminal acetylenes is 1. The van der Waals surface area contributed by atoms with Crippen LogP contribution >= 0.6 is 7.37 Å². The van der Waals surface area contributed by atoms with Gasteiger partial charge in [0.05, 0.1) is 11.7 Å². The monoisotopic (exact) mass is 455 g/mol. The molecule has 0 bridgehead atoms. The van der Waals surface area contributed by atoms with E-state index in [-0.39, 0.29) is 19.0 Å². The highest BCUT2D eigenvalue weighted by molar-refractivity contribution is 7.58. The third-order valence-electron chi connectivity index (χ3n) is 5.25. The molecule has 0 spiro atoms. The van der Waals surface area contributed by atoms with Crippen LogP contribution in [0.1, 0.15) is 24.0 Å². The van der Waals surface area contributed by atoms with Crippen LogP contribution < -0.4 is 16.8 Å². The van der Waals surface area contributed by atoms with E-state index in [0.29, 0.717) is 12.8 Å². The van der Waals surface area contributed by atoms with Crippen LogP contribution in [0.25, 0.3) is 0 Å². The summed E-state index contributed by atoms with van der Waals surface area (Å²) in [5.74, 6) is -0.876. The van der Waals surface area contributed by atoms with Crippen LogP contribution in [0, 0.1) is 18.3 Å². The van der Waals surface area contributed by atoms with Crippen LogP contribution in [-0.4, -0.2) is 34.7 Å². The van der Waals surface area contributed by atoms with Crippen molar-refractivity contribution in [2.75, 3.05) is 6.16 Å². The number of carbonyl (C=O) groups excluding carboxylic acids is 2. The number of hydrogen-bond donors (Lipinski definition) is 4. The molecule has 1 unspecified atom stereocenters. The van der Waals surface area contributed by atoms with Gasteiger partial charge >= 0.3 is 0 Å². The highest BCUT2D eigenvalue weighted by Gasteiger charge is 2.34. The first kappa shape index (κ1) is 25.4. The second kappa shape index (κ2) is 12.2. The Morgan fingerprint density at radius 3 is 2.16 bits per heavy atom. The molecule has 0 aliphatic heterocycles. The maximum Gasteiger partial charge on any atom is 0.240 e. The molecule has 0 saturated heterocycles. The van der Waals surface area contributed by atoms with E-state index < -0.39 is 36.9 Å². The minimum atomic E-state index is -3.89. The summed E-state index contributed by atoms with van der Waals surface area (Å²) in [6.45, 7) is 0. The molecule has 170 valence electrons. The highest BCUT2D eigenvalue weighted by atomic mass is 31.2. The molecular weight excluding hydrogens is 425 g/mol. The van der Waals surface area contributed by atoms with Gasteiger partial charge in [0.25, 0.3) is 0 Å². The number of hydrogen-bond acceptors (Lipinski definition) is 4. The van der Waals surface area contributed by atoms with Gasteiger partial charge in [-0.15, -0.1) is 12.3 Å². The van der Waals surface area contributed by atoms with Crippen LogP contribution in [0.15, 0.2) is 60.7 Å². The van der Waals surface area contributed by atoms with Gasteiger partial charge in [-0.05, 0) is 24.0 Å². The van der Waals surface area contributed by atoms with Gasteiger partial charge in [0.15, 0.2) is 0 Å². The van der Waals surface area contributed by atoms with Crippen LogP contribution in [0.3, 0.4) is 0 Å². The minimum Gasteiger partial charge on any atom is -0.368 e. The van der Waals surface area contributed by atoms with Crippen molar-refractivity contribution in [3.63, 3.8) is 0 Å². The molecule has 0 saturated carbocycles. The predicted octanol–water partition coefficient (Wildman–Crippen LogP) is 2.03. The predicted molar refractivity (Wildman–Crippen MR) is 126 cm³/mol. The number of benzene rings is 2. The zero-order valence-corrected chi connectivity index (χ0v) is 18.8. The molecule has 0 fully saturated rings. The average Bonchev–Trinajstić information content (AvgIpc) is 2.77. The number of rotatable bonds is 12. The molecule has 2 amide bonds. The Kier molecular flexibility index (Phi) is 9.67. The summed E-state index contributed by atoms with van der Waals surface area (Å²) >= 11 is 0. The van der Waals surface area contributed by atoms with Crippen LogP contribution in [0.4, 0.5) is 0 Å². The Balaban J connectivity index is 2.03. The lowest BCUT2D eigenvalue weighted by Crippen LogP contribution is -2.48. The number of aryl methyl sites for hydroxylation is 1. The Bertz CT molecular complexity index is 976. The first-order valence-electron chi connectivity index (χ1n) is 10.4. The number of primary amides is 1. The van der Waals surface area contributed by atoms with E-state index >= 15 is 0 Å². The molecule has 0 aromatic heterocycles. The molecule has 4 atom stereocenters. The molecule has 0 aliphatic carbocycles. The smallest absolute Gasteiger partial charge is 0.240 e. The third kappa shape index (κ3) is 7.97. The summed E-state index contributed by atoms with van der Waals surface area (Å²) in [5.41, 5.74) is 13.3. The zero-order chi connectivity index (χ0) is 23.6. The number of carbonyl (C=O) groups is 2. The van der Waals surface area contributed by atoms with Gasteiger partial charge in [-0.2, -0.15) is 0 Å². The van der Waals surface area contributed by atoms with Crippen LogP contribution in [0.5, 0.6) is 0 Å². The normalized spacial score (nSPS) is 15.5. The highest BCUT2D eigenvalue weighted by Crippen LogP contribution is 2.47. The van der Waals surface area contributed by atoms with E-state index in [1.165, 1.54) is 0 Å². The minimum absolute atomic E-state index is 0.0569. The van der Waals surface area contributed by atoms with Gasteiger partial charge in [0.1, 0.15) is 6.04 Å². The van der Waals surface area contributed by atoms with Crippen molar-refractivity contribution in [1.29, 1.82) is 0 Å². The molecule has 32 heavy (non-hydrogen) atoms. The Morgan fingerprint density at radius 2 is 1.62 bits per heavy atom. The number of nitrogens with two attached hydrogens (primary N) is 2. The summed E-state index contributed by atoms with van der Waals surface area (Å²) in [5, 5.41) is 2.59. The molecule has 2 rings (SSSR count). The average molecular weight is 455 g/mol. The molecular formula is C24H30N3O4P. The van der Waals surface area contributed by atoms with E-state index in [1.807, 2.05) is 60.7 Å². The summed E-state index contributed by atoms with van der Waals surface area (Å²) in [6, 6.07) is 17.6. The van der Waals surface area contributed by atoms with Crippen LogP contribution in [0.2, 0.25) is 0 Å². The lowest BCUT2D eigenvalue weighted by atomic mass is 10.0. The van der Waals surface area contributed by atoms with Gasteiger partial charge in [0.2, 0.25) is 19.2 Å². The van der Waals surface area contributed by atoms with Crippen molar-refractivity contribution in [1.82, 2.24) is 5.32 Å². The van der Waals surface area contributed by atoms with Crippen molar-refractivity contribution < 1.29 is 19.0 Å². The summed E-state index contributed by atoms with van der Waals surface area (Å²) in [7, 11) is -3.89. The van der Waals surface area contributed by atoms with Gasteiger partial charge in [0, 0.05) is 19.0 Å². The van der Waals surface area contributed by atoms with Crippen molar-refractivity contribution in [3.05, 3.63) is 71.8 Å². The number of nitrogens with one attached hydrogen (secondary N) is 1. The topological polar surface area (TPSA) is 136 Å². The van der Waals surface area contributed by atoms with Gasteiger partial charge < -0.3 is 21.7 Å². The lowest BCUT2D eigenvalue weighted by Gasteiger charge is -2.25. The molecule has 2 aromatic rings. The van der Waals surface area contributed by atoms with E-state index in [2.05, 4.69) is 11.2 Å². The summed E-state index contributed by atoms with van der Waals surface area (Å²) < 4.78 is 12.9. The molecule has 6 N–H and O–H groups in total. The first-order valence-corrected chi connectivity index (χ1v) is 12.3. The maximum atomic E-state index is 12.9. The fourth-order valence-electron chi connectivity index (χ4n) is 3.36.